The molecule has 0 aromatic heterocycles. The summed E-state index contributed by atoms with van der Waals surface area (Å²) in [6.07, 6.45) is 0.519. The van der Waals surface area contributed by atoms with E-state index in [0.29, 0.717) is 13.0 Å². The van der Waals surface area contributed by atoms with Crippen LogP contribution >= 0.6 is 0 Å². The number of anilines is 1. The second kappa shape index (κ2) is 8.05. The molecule has 2 aromatic carbocycles. The zero-order valence-corrected chi connectivity index (χ0v) is 12.7. The highest BCUT2D eigenvalue weighted by Crippen LogP contribution is 2.14. The predicted octanol–water partition coefficient (Wildman–Crippen LogP) is 2.06. The fraction of sp³-hybridized carbons (Fsp3) is 0.176. The third kappa shape index (κ3) is 5.05. The van der Waals surface area contributed by atoms with Crippen LogP contribution in [0.4, 0.5) is 14.5 Å². The first-order valence-corrected chi connectivity index (χ1v) is 7.19. The molecule has 3 N–H and O–H groups in total. The van der Waals surface area contributed by atoms with E-state index >= 15 is 0 Å². The molecule has 2 aromatic rings. The molecule has 5 nitrogen and oxygen atoms in total. The van der Waals surface area contributed by atoms with Crippen LogP contribution in [0, 0.1) is 11.6 Å². The number of esters is 1. The summed E-state index contributed by atoms with van der Waals surface area (Å²) in [5, 5.41) is 2.58. The van der Waals surface area contributed by atoms with E-state index < -0.39 is 24.3 Å². The monoisotopic (exact) mass is 334 g/mol. The lowest BCUT2D eigenvalue weighted by Gasteiger charge is -2.08. The third-order valence-corrected chi connectivity index (χ3v) is 3.22. The topological polar surface area (TPSA) is 81.4 Å². The minimum atomic E-state index is -0.804. The van der Waals surface area contributed by atoms with Crippen LogP contribution in [0.1, 0.15) is 15.9 Å². The molecule has 0 unspecified atom stereocenters. The maximum Gasteiger partial charge on any atom is 0.340 e. The van der Waals surface area contributed by atoms with Gasteiger partial charge in [0.2, 0.25) is 0 Å². The lowest BCUT2D eigenvalue weighted by Crippen LogP contribution is -2.30. The normalized spacial score (nSPS) is 10.2. The number of benzene rings is 2. The third-order valence-electron chi connectivity index (χ3n) is 3.22. The van der Waals surface area contributed by atoms with Crippen LogP contribution in [-0.4, -0.2) is 25.0 Å². The molecule has 0 aliphatic carbocycles. The van der Waals surface area contributed by atoms with Gasteiger partial charge in [0, 0.05) is 12.2 Å². The SMILES string of the molecule is Nc1cc(F)ccc1C(=O)OCC(=O)NCCc1ccc(F)cc1. The molecular formula is C17H16F2N2O3. The summed E-state index contributed by atoms with van der Waals surface area (Å²) in [4.78, 5) is 23.4. The van der Waals surface area contributed by atoms with Crippen molar-refractivity contribution in [3.05, 3.63) is 65.2 Å². The number of carbonyl (C=O) groups is 2. The summed E-state index contributed by atoms with van der Waals surface area (Å²) in [5.41, 5.74) is 6.32. The Morgan fingerprint density at radius 3 is 2.38 bits per heavy atom. The van der Waals surface area contributed by atoms with Crippen LogP contribution in [0.25, 0.3) is 0 Å². The largest absolute Gasteiger partial charge is 0.452 e. The first-order chi connectivity index (χ1) is 11.5. The number of nitrogens with one attached hydrogen (secondary N) is 1. The Morgan fingerprint density at radius 2 is 1.71 bits per heavy atom. The minimum absolute atomic E-state index is 0.00416. The van der Waals surface area contributed by atoms with Crippen molar-refractivity contribution in [3.8, 4) is 0 Å². The van der Waals surface area contributed by atoms with Gasteiger partial charge in [-0.2, -0.15) is 0 Å². The van der Waals surface area contributed by atoms with Gasteiger partial charge < -0.3 is 15.8 Å². The number of hydrogen-bond acceptors (Lipinski definition) is 4. The van der Waals surface area contributed by atoms with Gasteiger partial charge in [-0.25, -0.2) is 13.6 Å². The van der Waals surface area contributed by atoms with Crippen molar-refractivity contribution in [2.75, 3.05) is 18.9 Å². The standard InChI is InChI=1S/C17H16F2N2O3/c18-12-3-1-11(2-4-12)7-8-21-16(22)10-24-17(23)14-6-5-13(19)9-15(14)20/h1-6,9H,7-8,10,20H2,(H,21,22). The van der Waals surface area contributed by atoms with E-state index in [1.54, 1.807) is 12.1 Å². The lowest BCUT2D eigenvalue weighted by atomic mass is 10.1. The second-order valence-corrected chi connectivity index (χ2v) is 5.03. The Morgan fingerprint density at radius 1 is 1.04 bits per heavy atom. The highest BCUT2D eigenvalue weighted by atomic mass is 19.1. The molecule has 7 heteroatoms. The maximum atomic E-state index is 12.9. The number of amides is 1. The van der Waals surface area contributed by atoms with Crippen molar-refractivity contribution < 1.29 is 23.1 Å². The van der Waals surface area contributed by atoms with E-state index in [4.69, 9.17) is 10.5 Å². The zero-order valence-electron chi connectivity index (χ0n) is 12.7. The van der Waals surface area contributed by atoms with Crippen molar-refractivity contribution in [2.45, 2.75) is 6.42 Å². The Bertz CT molecular complexity index is 733. The first kappa shape index (κ1) is 17.4. The van der Waals surface area contributed by atoms with Gasteiger partial charge in [-0.3, -0.25) is 4.79 Å². The van der Waals surface area contributed by atoms with E-state index in [2.05, 4.69) is 5.32 Å². The summed E-state index contributed by atoms with van der Waals surface area (Å²) in [7, 11) is 0. The lowest BCUT2D eigenvalue weighted by molar-refractivity contribution is -0.124. The predicted molar refractivity (Wildman–Crippen MR) is 84.2 cm³/mol. The average Bonchev–Trinajstić information content (AvgIpc) is 2.54. The Kier molecular flexibility index (Phi) is 5.83. The summed E-state index contributed by atoms with van der Waals surface area (Å²) < 4.78 is 30.5. The van der Waals surface area contributed by atoms with Crippen molar-refractivity contribution in [3.63, 3.8) is 0 Å². The van der Waals surface area contributed by atoms with Crippen LogP contribution in [-0.2, 0) is 16.0 Å². The van der Waals surface area contributed by atoms with Crippen molar-refractivity contribution in [1.29, 1.82) is 0 Å². The number of nitrogen functional groups attached to an aromatic ring is 1. The van der Waals surface area contributed by atoms with Crippen LogP contribution in [0.15, 0.2) is 42.5 Å². The molecule has 0 aliphatic heterocycles. The number of rotatable bonds is 6. The fourth-order valence-corrected chi connectivity index (χ4v) is 1.98. The average molecular weight is 334 g/mol. The Hall–Kier alpha value is -2.96. The van der Waals surface area contributed by atoms with Gasteiger partial charge in [-0.15, -0.1) is 0 Å². The van der Waals surface area contributed by atoms with Crippen molar-refractivity contribution in [1.82, 2.24) is 5.32 Å². The van der Waals surface area contributed by atoms with Crippen LogP contribution in [0.5, 0.6) is 0 Å². The van der Waals surface area contributed by atoms with E-state index in [9.17, 15) is 18.4 Å². The molecule has 126 valence electrons. The molecule has 0 aliphatic rings. The van der Waals surface area contributed by atoms with Crippen LogP contribution in [0.3, 0.4) is 0 Å². The molecule has 0 atom stereocenters. The summed E-state index contributed by atoms with van der Waals surface area (Å²) in [5.74, 6) is -2.18. The zero-order chi connectivity index (χ0) is 17.5. The highest BCUT2D eigenvalue weighted by molar-refractivity contribution is 5.96. The Balaban J connectivity index is 1.74. The molecule has 0 fully saturated rings. The van der Waals surface area contributed by atoms with Gasteiger partial charge in [0.05, 0.1) is 5.56 Å². The number of hydrogen-bond donors (Lipinski definition) is 2. The van der Waals surface area contributed by atoms with Gasteiger partial charge in [0.25, 0.3) is 5.91 Å². The molecule has 2 rings (SSSR count). The first-order valence-electron chi connectivity index (χ1n) is 7.19. The van der Waals surface area contributed by atoms with Gasteiger partial charge in [-0.1, -0.05) is 12.1 Å². The van der Waals surface area contributed by atoms with Crippen molar-refractivity contribution in [2.24, 2.45) is 0 Å². The molecule has 0 bridgehead atoms. The van der Waals surface area contributed by atoms with Crippen LogP contribution < -0.4 is 11.1 Å². The number of ether oxygens (including phenoxy) is 1. The maximum absolute atomic E-state index is 12.9. The van der Waals surface area contributed by atoms with E-state index in [0.717, 1.165) is 17.7 Å². The summed E-state index contributed by atoms with van der Waals surface area (Å²) >= 11 is 0. The molecular weight excluding hydrogens is 318 g/mol. The van der Waals surface area contributed by atoms with Gasteiger partial charge >= 0.3 is 5.97 Å². The van der Waals surface area contributed by atoms with E-state index in [1.165, 1.54) is 18.2 Å². The molecule has 0 radical (unpaired) electrons. The highest BCUT2D eigenvalue weighted by Gasteiger charge is 2.13. The second-order valence-electron chi connectivity index (χ2n) is 5.03. The van der Waals surface area contributed by atoms with Gasteiger partial charge in [-0.05, 0) is 42.3 Å². The van der Waals surface area contributed by atoms with Gasteiger partial charge in [0.15, 0.2) is 6.61 Å². The number of nitrogens with two attached hydrogens (primary N) is 1. The smallest absolute Gasteiger partial charge is 0.340 e. The summed E-state index contributed by atoms with van der Waals surface area (Å²) in [6.45, 7) is -0.153. The van der Waals surface area contributed by atoms with Crippen LogP contribution in [0.2, 0.25) is 0 Å². The fourth-order valence-electron chi connectivity index (χ4n) is 1.98. The number of halogens is 2. The quantitative estimate of drug-likeness (QED) is 0.626. The molecule has 1 amide bonds. The molecule has 24 heavy (non-hydrogen) atoms. The van der Waals surface area contributed by atoms with E-state index in [-0.39, 0.29) is 17.1 Å². The van der Waals surface area contributed by atoms with Gasteiger partial charge in [0.1, 0.15) is 11.6 Å². The van der Waals surface area contributed by atoms with E-state index in [1.807, 2.05) is 0 Å². The molecule has 0 spiro atoms. The van der Waals surface area contributed by atoms with Crippen molar-refractivity contribution >= 4 is 17.6 Å². The molecule has 0 heterocycles. The molecule has 0 saturated carbocycles. The number of carbonyl (C=O) groups excluding carboxylic acids is 2. The molecule has 0 saturated heterocycles. The minimum Gasteiger partial charge on any atom is -0.452 e. The Labute approximate surface area is 137 Å². The summed E-state index contributed by atoms with van der Waals surface area (Å²) in [6, 6.07) is 9.20.